The number of esters is 2. The molecule has 6 nitrogen and oxygen atoms in total. The highest BCUT2D eigenvalue weighted by atomic mass is 32.2. The van der Waals surface area contributed by atoms with E-state index in [1.807, 2.05) is 30.3 Å². The molecule has 0 radical (unpaired) electrons. The molecule has 2 rings (SSSR count). The molecule has 1 N–H and O–H groups in total. The number of rotatable bonds is 7. The van der Waals surface area contributed by atoms with E-state index in [0.29, 0.717) is 11.4 Å². The van der Waals surface area contributed by atoms with Crippen LogP contribution in [0.3, 0.4) is 0 Å². The first kappa shape index (κ1) is 19.5. The maximum atomic E-state index is 12.1. The van der Waals surface area contributed by atoms with Crippen LogP contribution < -0.4 is 5.32 Å². The SMILES string of the molecule is COC(=O)c1cc(NC(=O)CCSc2ccccc2)cc(C(=O)OC)c1. The second-order valence-electron chi connectivity index (χ2n) is 5.24. The van der Waals surface area contributed by atoms with Crippen molar-refractivity contribution in [2.24, 2.45) is 0 Å². The molecule has 0 fully saturated rings. The summed E-state index contributed by atoms with van der Waals surface area (Å²) in [5, 5.41) is 2.70. The first-order valence-corrected chi connectivity index (χ1v) is 8.81. The fourth-order valence-electron chi connectivity index (χ4n) is 2.17. The summed E-state index contributed by atoms with van der Waals surface area (Å²) in [6.07, 6.45) is 0.287. The molecule has 136 valence electrons. The summed E-state index contributed by atoms with van der Waals surface area (Å²) in [4.78, 5) is 36.7. The van der Waals surface area contributed by atoms with Gasteiger partial charge in [0.15, 0.2) is 0 Å². The van der Waals surface area contributed by atoms with Crippen LogP contribution in [0.5, 0.6) is 0 Å². The van der Waals surface area contributed by atoms with E-state index in [0.717, 1.165) is 4.90 Å². The minimum absolute atomic E-state index is 0.157. The number of carbonyl (C=O) groups excluding carboxylic acids is 3. The van der Waals surface area contributed by atoms with Crippen molar-refractivity contribution in [2.75, 3.05) is 25.3 Å². The first-order valence-electron chi connectivity index (χ1n) is 7.83. The molecule has 0 saturated heterocycles. The maximum absolute atomic E-state index is 12.1. The molecule has 0 unspecified atom stereocenters. The summed E-state index contributed by atoms with van der Waals surface area (Å²) < 4.78 is 9.34. The fraction of sp³-hybridized carbons (Fsp3) is 0.211. The van der Waals surface area contributed by atoms with Crippen molar-refractivity contribution in [3.8, 4) is 0 Å². The van der Waals surface area contributed by atoms with Crippen LogP contribution in [0.2, 0.25) is 0 Å². The average molecular weight is 373 g/mol. The zero-order valence-electron chi connectivity index (χ0n) is 14.5. The minimum Gasteiger partial charge on any atom is -0.465 e. The van der Waals surface area contributed by atoms with Crippen LogP contribution in [-0.2, 0) is 14.3 Å². The quantitative estimate of drug-likeness (QED) is 0.592. The van der Waals surface area contributed by atoms with Gasteiger partial charge in [0.2, 0.25) is 5.91 Å². The largest absolute Gasteiger partial charge is 0.465 e. The number of thioether (sulfide) groups is 1. The molecule has 0 saturated carbocycles. The van der Waals surface area contributed by atoms with E-state index < -0.39 is 11.9 Å². The number of benzene rings is 2. The lowest BCUT2D eigenvalue weighted by Gasteiger charge is -2.09. The molecule has 0 atom stereocenters. The van der Waals surface area contributed by atoms with Crippen molar-refractivity contribution >= 4 is 35.3 Å². The van der Waals surface area contributed by atoms with E-state index in [1.54, 1.807) is 11.8 Å². The van der Waals surface area contributed by atoms with E-state index >= 15 is 0 Å². The Morgan fingerprint density at radius 3 is 2.04 bits per heavy atom. The monoisotopic (exact) mass is 373 g/mol. The molecule has 2 aromatic rings. The maximum Gasteiger partial charge on any atom is 0.337 e. The van der Waals surface area contributed by atoms with Crippen LogP contribution in [0.15, 0.2) is 53.4 Å². The van der Waals surface area contributed by atoms with Gasteiger partial charge < -0.3 is 14.8 Å². The van der Waals surface area contributed by atoms with Crippen molar-refractivity contribution in [1.29, 1.82) is 0 Å². The van der Waals surface area contributed by atoms with Crippen LogP contribution >= 0.6 is 11.8 Å². The summed E-state index contributed by atoms with van der Waals surface area (Å²) in [6.45, 7) is 0. The number of amides is 1. The number of hydrogen-bond acceptors (Lipinski definition) is 6. The van der Waals surface area contributed by atoms with E-state index in [4.69, 9.17) is 0 Å². The van der Waals surface area contributed by atoms with Crippen molar-refractivity contribution < 1.29 is 23.9 Å². The van der Waals surface area contributed by atoms with Crippen LogP contribution in [-0.4, -0.2) is 37.8 Å². The first-order chi connectivity index (χ1) is 12.5. The highest BCUT2D eigenvalue weighted by molar-refractivity contribution is 7.99. The lowest BCUT2D eigenvalue weighted by Crippen LogP contribution is -2.14. The summed E-state index contributed by atoms with van der Waals surface area (Å²) in [6, 6.07) is 14.0. The van der Waals surface area contributed by atoms with Gasteiger partial charge in [0.1, 0.15) is 0 Å². The number of ether oxygens (including phenoxy) is 2. The van der Waals surface area contributed by atoms with Crippen LogP contribution in [0.4, 0.5) is 5.69 Å². The fourth-order valence-corrected chi connectivity index (χ4v) is 3.05. The van der Waals surface area contributed by atoms with Gasteiger partial charge in [-0.3, -0.25) is 4.79 Å². The molecule has 26 heavy (non-hydrogen) atoms. The Labute approximate surface area is 155 Å². The Bertz CT molecular complexity index is 758. The van der Waals surface area contributed by atoms with Gasteiger partial charge in [-0.2, -0.15) is 0 Å². The van der Waals surface area contributed by atoms with E-state index in [1.165, 1.54) is 32.4 Å². The van der Waals surface area contributed by atoms with Gasteiger partial charge in [-0.1, -0.05) is 18.2 Å². The third kappa shape index (κ3) is 5.63. The topological polar surface area (TPSA) is 81.7 Å². The van der Waals surface area contributed by atoms with Gasteiger partial charge in [-0.15, -0.1) is 11.8 Å². The van der Waals surface area contributed by atoms with Crippen molar-refractivity contribution in [2.45, 2.75) is 11.3 Å². The Morgan fingerprint density at radius 1 is 0.923 bits per heavy atom. The molecule has 0 aliphatic heterocycles. The summed E-state index contributed by atoms with van der Waals surface area (Å²) in [5.41, 5.74) is 0.650. The Hall–Kier alpha value is -2.80. The zero-order chi connectivity index (χ0) is 18.9. The molecular weight excluding hydrogens is 354 g/mol. The predicted molar refractivity (Wildman–Crippen MR) is 99.5 cm³/mol. The molecule has 0 bridgehead atoms. The number of anilines is 1. The van der Waals surface area contributed by atoms with Crippen LogP contribution in [0.25, 0.3) is 0 Å². The Balaban J connectivity index is 2.03. The Morgan fingerprint density at radius 2 is 1.50 bits per heavy atom. The molecular formula is C19H19NO5S. The van der Waals surface area contributed by atoms with Gasteiger partial charge >= 0.3 is 11.9 Å². The number of carbonyl (C=O) groups is 3. The average Bonchev–Trinajstić information content (AvgIpc) is 2.67. The highest BCUT2D eigenvalue weighted by Gasteiger charge is 2.15. The van der Waals surface area contributed by atoms with Gasteiger partial charge in [0.25, 0.3) is 0 Å². The summed E-state index contributed by atoms with van der Waals surface area (Å²) >= 11 is 1.57. The molecule has 0 aliphatic carbocycles. The van der Waals surface area contributed by atoms with Gasteiger partial charge in [-0.25, -0.2) is 9.59 Å². The van der Waals surface area contributed by atoms with E-state index in [2.05, 4.69) is 14.8 Å². The standard InChI is InChI=1S/C19H19NO5S/c1-24-18(22)13-10-14(19(23)25-2)12-15(11-13)20-17(21)8-9-26-16-6-4-3-5-7-16/h3-7,10-12H,8-9H2,1-2H3,(H,20,21). The zero-order valence-corrected chi connectivity index (χ0v) is 15.3. The normalized spacial score (nSPS) is 10.1. The van der Waals surface area contributed by atoms with Crippen LogP contribution in [0.1, 0.15) is 27.1 Å². The number of methoxy groups -OCH3 is 2. The lowest BCUT2D eigenvalue weighted by atomic mass is 10.1. The second kappa shape index (κ2) is 9.62. The predicted octanol–water partition coefficient (Wildman–Crippen LogP) is 3.38. The molecule has 0 heterocycles. The Kier molecular flexibility index (Phi) is 7.23. The molecule has 0 spiro atoms. The smallest absolute Gasteiger partial charge is 0.337 e. The lowest BCUT2D eigenvalue weighted by molar-refractivity contribution is -0.115. The molecule has 1 amide bonds. The summed E-state index contributed by atoms with van der Waals surface area (Å²) in [5.74, 6) is -0.820. The third-order valence-corrected chi connectivity index (χ3v) is 4.41. The second-order valence-corrected chi connectivity index (χ2v) is 6.41. The van der Waals surface area contributed by atoms with Gasteiger partial charge in [-0.05, 0) is 30.3 Å². The van der Waals surface area contributed by atoms with E-state index in [9.17, 15) is 14.4 Å². The third-order valence-electron chi connectivity index (χ3n) is 3.40. The molecule has 0 aromatic heterocycles. The number of hydrogen-bond donors (Lipinski definition) is 1. The van der Waals surface area contributed by atoms with Crippen molar-refractivity contribution in [3.05, 3.63) is 59.7 Å². The van der Waals surface area contributed by atoms with E-state index in [-0.39, 0.29) is 23.5 Å². The number of nitrogens with one attached hydrogen (secondary N) is 1. The summed E-state index contributed by atoms with van der Waals surface area (Å²) in [7, 11) is 2.48. The van der Waals surface area contributed by atoms with Crippen molar-refractivity contribution in [1.82, 2.24) is 0 Å². The van der Waals surface area contributed by atoms with Gasteiger partial charge in [0.05, 0.1) is 25.3 Å². The molecule has 2 aromatic carbocycles. The van der Waals surface area contributed by atoms with Crippen LogP contribution in [0, 0.1) is 0 Å². The molecule has 7 heteroatoms. The minimum atomic E-state index is -0.606. The van der Waals surface area contributed by atoms with Crippen molar-refractivity contribution in [3.63, 3.8) is 0 Å². The van der Waals surface area contributed by atoms with Gasteiger partial charge in [0, 0.05) is 22.8 Å². The molecule has 0 aliphatic rings. The highest BCUT2D eigenvalue weighted by Crippen LogP contribution is 2.20.